The molecule has 2 nitrogen and oxygen atoms in total. The van der Waals surface area contributed by atoms with Crippen LogP contribution >= 0.6 is 0 Å². The maximum absolute atomic E-state index is 9.82. The number of hydrogen-bond donors (Lipinski definition) is 0. The van der Waals surface area contributed by atoms with Crippen molar-refractivity contribution in [3.8, 4) is 0 Å². The Morgan fingerprint density at radius 1 is 0.246 bits per heavy atom. The van der Waals surface area contributed by atoms with E-state index in [2.05, 4.69) is 67.1 Å². The van der Waals surface area contributed by atoms with Crippen molar-refractivity contribution in [2.45, 2.75) is 365 Å². The summed E-state index contributed by atoms with van der Waals surface area (Å²) in [6, 6.07) is 0. The lowest BCUT2D eigenvalue weighted by Gasteiger charge is -2.15. The number of carbonyl (C=O) groups is 1. The SMILES string of the molecule is CC1CCCCC1.CC1CCCCC1.CC1CCCCC1.CC1CCCCC1.CC1CCCCC1.CC1CCCCC1.CC1CCCCC1.CC1CCCCC1.CC1CCCCC1.CCOC(C)=O. The first-order valence-electron chi connectivity index (χ1n) is 32.4. The molecule has 0 aromatic rings. The van der Waals surface area contributed by atoms with Gasteiger partial charge in [-0.15, -0.1) is 0 Å². The van der Waals surface area contributed by atoms with E-state index < -0.39 is 0 Å². The summed E-state index contributed by atoms with van der Waals surface area (Å²) in [6.45, 7) is 24.9. The zero-order valence-electron chi connectivity index (χ0n) is 50.0. The molecule has 0 spiro atoms. The third-order valence-corrected chi connectivity index (χ3v) is 17.4. The summed E-state index contributed by atoms with van der Waals surface area (Å²) in [7, 11) is 0. The molecule has 0 aliphatic heterocycles. The van der Waals surface area contributed by atoms with Gasteiger partial charge < -0.3 is 4.74 Å². The largest absolute Gasteiger partial charge is 0.466 e. The second-order valence-electron chi connectivity index (χ2n) is 25.6. The van der Waals surface area contributed by atoms with Crippen LogP contribution in [-0.2, 0) is 9.53 Å². The van der Waals surface area contributed by atoms with E-state index in [0.29, 0.717) is 6.61 Å². The summed E-state index contributed by atoms with van der Waals surface area (Å²) in [5.41, 5.74) is 0. The number of hydrogen-bond acceptors (Lipinski definition) is 2. The van der Waals surface area contributed by atoms with Gasteiger partial charge in [0, 0.05) is 6.92 Å². The lowest BCUT2D eigenvalue weighted by molar-refractivity contribution is -0.140. The van der Waals surface area contributed by atoms with E-state index in [-0.39, 0.29) is 5.97 Å². The Morgan fingerprint density at radius 2 is 0.348 bits per heavy atom. The molecule has 0 bridgehead atoms. The molecule has 0 saturated heterocycles. The summed E-state index contributed by atoms with van der Waals surface area (Å²) < 4.78 is 4.40. The van der Waals surface area contributed by atoms with Crippen molar-refractivity contribution in [3.63, 3.8) is 0 Å². The summed E-state index contributed by atoms with van der Waals surface area (Å²) in [6.07, 6.45) is 66.9. The lowest BCUT2D eigenvalue weighted by atomic mass is 9.91. The van der Waals surface area contributed by atoms with Crippen molar-refractivity contribution >= 4 is 5.97 Å². The molecule has 0 amide bonds. The molecule has 0 radical (unpaired) electrons. The summed E-state index contributed by atoms with van der Waals surface area (Å²) in [4.78, 5) is 9.82. The van der Waals surface area contributed by atoms with Gasteiger partial charge in [-0.25, -0.2) is 0 Å². The lowest BCUT2D eigenvalue weighted by Crippen LogP contribution is -1.99. The molecule has 0 atom stereocenters. The van der Waals surface area contributed by atoms with Gasteiger partial charge in [0.25, 0.3) is 0 Å². The van der Waals surface area contributed by atoms with Crippen LogP contribution in [-0.4, -0.2) is 12.6 Å². The maximum Gasteiger partial charge on any atom is 0.302 e. The van der Waals surface area contributed by atoms with E-state index in [0.717, 1.165) is 53.3 Å². The molecular weight excluding hydrogens is 837 g/mol. The van der Waals surface area contributed by atoms with Crippen molar-refractivity contribution in [2.24, 2.45) is 53.3 Å². The third-order valence-electron chi connectivity index (χ3n) is 17.4. The minimum Gasteiger partial charge on any atom is -0.466 e. The highest BCUT2D eigenvalue weighted by Crippen LogP contribution is 2.27. The molecule has 0 unspecified atom stereocenters. The van der Waals surface area contributed by atoms with E-state index >= 15 is 0 Å². The highest BCUT2D eigenvalue weighted by atomic mass is 16.5. The topological polar surface area (TPSA) is 26.3 Å². The van der Waals surface area contributed by atoms with Crippen LogP contribution in [0.3, 0.4) is 0 Å². The van der Waals surface area contributed by atoms with Crippen LogP contribution in [0, 0.1) is 53.3 Å². The summed E-state index contributed by atoms with van der Waals surface area (Å²) in [5, 5.41) is 0. The molecule has 9 fully saturated rings. The van der Waals surface area contributed by atoms with Crippen LogP contribution in [0.2, 0.25) is 0 Å². The Balaban J connectivity index is 0.000000745. The number of ether oxygens (including phenoxy) is 1. The second-order valence-corrected chi connectivity index (χ2v) is 25.6. The van der Waals surface area contributed by atoms with Crippen LogP contribution < -0.4 is 0 Å². The predicted octanol–water partition coefficient (Wildman–Crippen LogP) is 23.8. The molecule has 9 aliphatic rings. The van der Waals surface area contributed by atoms with Crippen molar-refractivity contribution in [1.82, 2.24) is 0 Å². The van der Waals surface area contributed by atoms with E-state index in [1.165, 1.54) is 296 Å². The quantitative estimate of drug-likeness (QED) is 0.245. The smallest absolute Gasteiger partial charge is 0.302 e. The van der Waals surface area contributed by atoms with Crippen LogP contribution in [0.15, 0.2) is 0 Å². The molecule has 2 heteroatoms. The van der Waals surface area contributed by atoms with E-state index in [9.17, 15) is 4.79 Å². The van der Waals surface area contributed by atoms with E-state index in [1.807, 2.05) is 0 Å². The van der Waals surface area contributed by atoms with Gasteiger partial charge >= 0.3 is 5.97 Å². The van der Waals surface area contributed by atoms with Crippen LogP contribution in [0.5, 0.6) is 0 Å². The maximum atomic E-state index is 9.82. The highest BCUT2D eigenvalue weighted by Gasteiger charge is 2.11. The number of esters is 1. The summed E-state index contributed by atoms with van der Waals surface area (Å²) >= 11 is 0. The molecule has 9 aliphatic carbocycles. The van der Waals surface area contributed by atoms with Crippen molar-refractivity contribution < 1.29 is 9.53 Å². The average Bonchev–Trinajstić information content (AvgIpc) is 3.36. The fraction of sp³-hybridized carbons (Fsp3) is 0.985. The zero-order chi connectivity index (χ0) is 51.0. The van der Waals surface area contributed by atoms with Gasteiger partial charge in [0.2, 0.25) is 0 Å². The molecule has 0 N–H and O–H groups in total. The Kier molecular flexibility index (Phi) is 50.6. The Labute approximate surface area is 438 Å². The Hall–Kier alpha value is -0.530. The predicted molar refractivity (Wildman–Crippen MR) is 313 cm³/mol. The zero-order valence-corrected chi connectivity index (χ0v) is 50.0. The van der Waals surface area contributed by atoms with Gasteiger partial charge in [0.1, 0.15) is 0 Å². The first-order chi connectivity index (χ1) is 33.3. The standard InChI is InChI=1S/9C7H14.C4H8O2/c9*1-7-5-3-2-4-6-7;1-3-6-4(2)5/h9*7H,2-6H2,1H3;3H2,1-2H3. The molecule has 0 heterocycles. The molecule has 414 valence electrons. The minimum atomic E-state index is -0.211. The molecule has 0 aromatic heterocycles. The Morgan fingerprint density at radius 3 is 0.377 bits per heavy atom. The Bertz CT molecular complexity index is 738. The monoisotopic (exact) mass is 971 g/mol. The third kappa shape index (κ3) is 52.1. The molecule has 0 aromatic carbocycles. The van der Waals surface area contributed by atoms with Crippen molar-refractivity contribution in [2.75, 3.05) is 6.61 Å². The number of rotatable bonds is 1. The van der Waals surface area contributed by atoms with E-state index in [1.54, 1.807) is 6.92 Å². The average molecular weight is 972 g/mol. The van der Waals surface area contributed by atoms with Crippen molar-refractivity contribution in [1.29, 1.82) is 0 Å². The first-order valence-corrected chi connectivity index (χ1v) is 32.4. The molecule has 69 heavy (non-hydrogen) atoms. The molecular formula is C67H134O2. The fourth-order valence-corrected chi connectivity index (χ4v) is 12.0. The van der Waals surface area contributed by atoms with Gasteiger partial charge in [-0.1, -0.05) is 351 Å². The van der Waals surface area contributed by atoms with Crippen LogP contribution in [0.4, 0.5) is 0 Å². The molecule has 9 saturated carbocycles. The highest BCUT2D eigenvalue weighted by molar-refractivity contribution is 5.65. The summed E-state index contributed by atoms with van der Waals surface area (Å²) in [5.74, 6) is 9.11. The van der Waals surface area contributed by atoms with Gasteiger partial charge in [-0.05, 0) is 60.2 Å². The number of carbonyl (C=O) groups excluding carboxylic acids is 1. The fourth-order valence-electron chi connectivity index (χ4n) is 12.0. The van der Waals surface area contributed by atoms with Gasteiger partial charge in [-0.3, -0.25) is 4.79 Å². The van der Waals surface area contributed by atoms with Gasteiger partial charge in [0.05, 0.1) is 6.61 Å². The van der Waals surface area contributed by atoms with Crippen molar-refractivity contribution in [3.05, 3.63) is 0 Å². The van der Waals surface area contributed by atoms with Gasteiger partial charge in [0.15, 0.2) is 0 Å². The normalized spacial score (nSPS) is 23.8. The minimum absolute atomic E-state index is 0.211. The van der Waals surface area contributed by atoms with Crippen LogP contribution in [0.1, 0.15) is 365 Å². The van der Waals surface area contributed by atoms with Crippen LogP contribution in [0.25, 0.3) is 0 Å². The molecule has 9 rings (SSSR count). The van der Waals surface area contributed by atoms with E-state index in [4.69, 9.17) is 0 Å². The first kappa shape index (κ1) is 68.5. The van der Waals surface area contributed by atoms with Gasteiger partial charge in [-0.2, -0.15) is 0 Å². The second kappa shape index (κ2) is 51.0.